The molecule has 102 valence electrons. The molecule has 3 aromatic rings. The van der Waals surface area contributed by atoms with Crippen LogP contribution in [0.25, 0.3) is 10.9 Å². The highest BCUT2D eigenvalue weighted by atomic mass is 79.9. The van der Waals surface area contributed by atoms with E-state index in [0.717, 1.165) is 32.5 Å². The first kappa shape index (κ1) is 13.1. The van der Waals surface area contributed by atoms with Gasteiger partial charge >= 0.3 is 0 Å². The van der Waals surface area contributed by atoms with E-state index in [1.807, 2.05) is 49.0 Å². The maximum absolute atomic E-state index is 5.84. The summed E-state index contributed by atoms with van der Waals surface area (Å²) in [4.78, 5) is 4.33. The highest BCUT2D eigenvalue weighted by Crippen LogP contribution is 2.23. The van der Waals surface area contributed by atoms with Crippen LogP contribution in [0, 0.1) is 6.92 Å². The molecule has 0 aliphatic carbocycles. The molecular weight excluding hydrogens is 318 g/mol. The van der Waals surface area contributed by atoms with Crippen molar-refractivity contribution in [2.75, 3.05) is 0 Å². The standard InChI is InChI=1S/C15H14BrN3O/c1-10-15(16)14(19(2)18-10)9-20-12-6-5-11-4-3-7-17-13(11)8-12/h3-8H,9H2,1-2H3. The van der Waals surface area contributed by atoms with Crippen molar-refractivity contribution in [3.8, 4) is 5.75 Å². The average molecular weight is 332 g/mol. The topological polar surface area (TPSA) is 39.9 Å². The summed E-state index contributed by atoms with van der Waals surface area (Å²) >= 11 is 3.54. The molecule has 3 rings (SSSR count). The number of halogens is 1. The first-order valence-corrected chi connectivity index (χ1v) is 7.10. The number of aromatic nitrogens is 3. The van der Waals surface area contributed by atoms with Crippen molar-refractivity contribution in [1.82, 2.24) is 14.8 Å². The molecule has 0 aliphatic rings. The second kappa shape index (κ2) is 5.25. The van der Waals surface area contributed by atoms with Crippen LogP contribution in [-0.2, 0) is 13.7 Å². The number of hydrogen-bond donors (Lipinski definition) is 0. The van der Waals surface area contributed by atoms with Crippen LogP contribution in [0.1, 0.15) is 11.4 Å². The molecule has 0 N–H and O–H groups in total. The van der Waals surface area contributed by atoms with Gasteiger partial charge in [-0.3, -0.25) is 9.67 Å². The summed E-state index contributed by atoms with van der Waals surface area (Å²) in [5.74, 6) is 0.807. The molecule has 1 aromatic carbocycles. The molecule has 0 atom stereocenters. The Balaban J connectivity index is 1.83. The third-order valence-corrected chi connectivity index (χ3v) is 4.25. The molecule has 2 aromatic heterocycles. The molecule has 0 saturated heterocycles. The largest absolute Gasteiger partial charge is 0.487 e. The lowest BCUT2D eigenvalue weighted by molar-refractivity contribution is 0.294. The lowest BCUT2D eigenvalue weighted by Gasteiger charge is -2.08. The van der Waals surface area contributed by atoms with Gasteiger partial charge in [0.15, 0.2) is 0 Å². The van der Waals surface area contributed by atoms with Crippen molar-refractivity contribution in [2.24, 2.45) is 7.05 Å². The average Bonchev–Trinajstić information content (AvgIpc) is 2.70. The van der Waals surface area contributed by atoms with E-state index in [1.165, 1.54) is 0 Å². The third kappa shape index (κ3) is 2.41. The lowest BCUT2D eigenvalue weighted by Crippen LogP contribution is -2.03. The fraction of sp³-hybridized carbons (Fsp3) is 0.200. The van der Waals surface area contributed by atoms with E-state index in [1.54, 1.807) is 6.20 Å². The van der Waals surface area contributed by atoms with Gasteiger partial charge in [0.05, 0.1) is 21.4 Å². The van der Waals surface area contributed by atoms with E-state index in [4.69, 9.17) is 4.74 Å². The molecule has 4 nitrogen and oxygen atoms in total. The summed E-state index contributed by atoms with van der Waals surface area (Å²) in [6.45, 7) is 2.43. The van der Waals surface area contributed by atoms with Crippen LogP contribution in [0.5, 0.6) is 5.75 Å². The van der Waals surface area contributed by atoms with Gasteiger partial charge in [0, 0.05) is 24.7 Å². The molecule has 0 fully saturated rings. The Labute approximate surface area is 125 Å². The second-order valence-corrected chi connectivity index (χ2v) is 5.41. The molecule has 20 heavy (non-hydrogen) atoms. The molecule has 0 spiro atoms. The Hall–Kier alpha value is -1.88. The van der Waals surface area contributed by atoms with E-state index in [9.17, 15) is 0 Å². The zero-order valence-corrected chi connectivity index (χ0v) is 12.9. The van der Waals surface area contributed by atoms with Crippen molar-refractivity contribution in [2.45, 2.75) is 13.5 Å². The number of ether oxygens (including phenoxy) is 1. The minimum absolute atomic E-state index is 0.469. The summed E-state index contributed by atoms with van der Waals surface area (Å²) in [7, 11) is 1.92. The summed E-state index contributed by atoms with van der Waals surface area (Å²) in [6, 6.07) is 9.89. The van der Waals surface area contributed by atoms with Gasteiger partial charge in [-0.1, -0.05) is 6.07 Å². The smallest absolute Gasteiger partial charge is 0.131 e. The Morgan fingerprint density at radius 1 is 1.30 bits per heavy atom. The number of aryl methyl sites for hydroxylation is 2. The van der Waals surface area contributed by atoms with E-state index in [0.29, 0.717) is 6.61 Å². The molecular formula is C15H14BrN3O. The first-order valence-electron chi connectivity index (χ1n) is 6.30. The summed E-state index contributed by atoms with van der Waals surface area (Å²) < 4.78 is 8.68. The monoisotopic (exact) mass is 331 g/mol. The fourth-order valence-electron chi connectivity index (χ4n) is 2.12. The van der Waals surface area contributed by atoms with Crippen molar-refractivity contribution >= 4 is 26.8 Å². The molecule has 0 saturated carbocycles. The Morgan fingerprint density at radius 3 is 2.90 bits per heavy atom. The van der Waals surface area contributed by atoms with Gasteiger partial charge < -0.3 is 4.74 Å². The highest BCUT2D eigenvalue weighted by Gasteiger charge is 2.11. The molecule has 0 radical (unpaired) electrons. The highest BCUT2D eigenvalue weighted by molar-refractivity contribution is 9.10. The number of rotatable bonds is 3. The predicted molar refractivity (Wildman–Crippen MR) is 81.7 cm³/mol. The van der Waals surface area contributed by atoms with Gasteiger partial charge in [0.2, 0.25) is 0 Å². The molecule has 0 bridgehead atoms. The first-order chi connectivity index (χ1) is 9.65. The van der Waals surface area contributed by atoms with Gasteiger partial charge in [0.25, 0.3) is 0 Å². The quantitative estimate of drug-likeness (QED) is 0.735. The number of nitrogens with zero attached hydrogens (tertiary/aromatic N) is 3. The zero-order valence-electron chi connectivity index (χ0n) is 11.3. The predicted octanol–water partition coefficient (Wildman–Crippen LogP) is 3.62. The zero-order chi connectivity index (χ0) is 14.1. The van der Waals surface area contributed by atoms with Crippen LogP contribution < -0.4 is 4.74 Å². The number of hydrogen-bond acceptors (Lipinski definition) is 3. The van der Waals surface area contributed by atoms with E-state index >= 15 is 0 Å². The van der Waals surface area contributed by atoms with Crippen LogP contribution in [0.15, 0.2) is 41.0 Å². The van der Waals surface area contributed by atoms with Gasteiger partial charge in [-0.15, -0.1) is 0 Å². The molecule has 0 amide bonds. The van der Waals surface area contributed by atoms with Gasteiger partial charge in [-0.2, -0.15) is 5.10 Å². The van der Waals surface area contributed by atoms with E-state index in [2.05, 4.69) is 26.0 Å². The number of benzene rings is 1. The van der Waals surface area contributed by atoms with Gasteiger partial charge in [0.1, 0.15) is 12.4 Å². The SMILES string of the molecule is Cc1nn(C)c(COc2ccc3cccnc3c2)c1Br. The Bertz CT molecular complexity index is 767. The van der Waals surface area contributed by atoms with Gasteiger partial charge in [-0.25, -0.2) is 0 Å². The number of fused-ring (bicyclic) bond motifs is 1. The third-order valence-electron chi connectivity index (χ3n) is 3.21. The van der Waals surface area contributed by atoms with Gasteiger partial charge in [-0.05, 0) is 41.1 Å². The second-order valence-electron chi connectivity index (χ2n) is 4.62. The minimum Gasteiger partial charge on any atom is -0.487 e. The van der Waals surface area contributed by atoms with Crippen molar-refractivity contribution < 1.29 is 4.74 Å². The van der Waals surface area contributed by atoms with Crippen LogP contribution in [0.2, 0.25) is 0 Å². The van der Waals surface area contributed by atoms with Crippen molar-refractivity contribution in [3.05, 3.63) is 52.4 Å². The van der Waals surface area contributed by atoms with Crippen LogP contribution in [0.3, 0.4) is 0 Å². The van der Waals surface area contributed by atoms with Crippen LogP contribution in [0.4, 0.5) is 0 Å². The molecule has 2 heterocycles. The molecule has 0 unspecified atom stereocenters. The number of pyridine rings is 1. The Kier molecular flexibility index (Phi) is 3.44. The fourth-order valence-corrected chi connectivity index (χ4v) is 2.58. The summed E-state index contributed by atoms with van der Waals surface area (Å²) in [5, 5.41) is 5.46. The van der Waals surface area contributed by atoms with E-state index in [-0.39, 0.29) is 0 Å². The lowest BCUT2D eigenvalue weighted by atomic mass is 10.2. The minimum atomic E-state index is 0.469. The van der Waals surface area contributed by atoms with Crippen molar-refractivity contribution in [1.29, 1.82) is 0 Å². The molecule has 5 heteroatoms. The van der Waals surface area contributed by atoms with E-state index < -0.39 is 0 Å². The van der Waals surface area contributed by atoms with Crippen LogP contribution >= 0.6 is 15.9 Å². The maximum Gasteiger partial charge on any atom is 0.131 e. The van der Waals surface area contributed by atoms with Crippen molar-refractivity contribution in [3.63, 3.8) is 0 Å². The summed E-state index contributed by atoms with van der Waals surface area (Å²) in [6.07, 6.45) is 1.78. The summed E-state index contributed by atoms with van der Waals surface area (Å²) in [5.41, 5.74) is 2.92. The van der Waals surface area contributed by atoms with Crippen LogP contribution in [-0.4, -0.2) is 14.8 Å². The molecule has 0 aliphatic heterocycles. The Morgan fingerprint density at radius 2 is 2.15 bits per heavy atom. The normalized spacial score (nSPS) is 10.9. The maximum atomic E-state index is 5.84.